The molecule has 5 heteroatoms. The van der Waals surface area contributed by atoms with E-state index in [1.807, 2.05) is 0 Å². The second kappa shape index (κ2) is 4.85. The molecule has 0 aliphatic heterocycles. The van der Waals surface area contributed by atoms with E-state index in [2.05, 4.69) is 0 Å². The Morgan fingerprint density at radius 3 is 2.35 bits per heavy atom. The fourth-order valence-corrected chi connectivity index (χ4v) is 1.62. The Labute approximate surface area is 96.4 Å². The molecule has 0 bridgehead atoms. The molecule has 1 rings (SSSR count). The summed E-state index contributed by atoms with van der Waals surface area (Å²) < 4.78 is 50.1. The monoisotopic (exact) mass is 248 g/mol. The van der Waals surface area contributed by atoms with Gasteiger partial charge in [0.25, 0.3) is 0 Å². The van der Waals surface area contributed by atoms with Gasteiger partial charge in [-0.3, -0.25) is 0 Å². The first-order valence-corrected chi connectivity index (χ1v) is 5.08. The summed E-state index contributed by atoms with van der Waals surface area (Å²) in [5.74, 6) is -1.67. The number of alkyl halides is 3. The number of benzene rings is 1. The Balaban J connectivity index is 3.00. The first-order chi connectivity index (χ1) is 7.71. The van der Waals surface area contributed by atoms with Crippen LogP contribution in [0, 0.1) is 5.82 Å². The van der Waals surface area contributed by atoms with Crippen molar-refractivity contribution >= 4 is 5.78 Å². The van der Waals surface area contributed by atoms with Gasteiger partial charge in [-0.05, 0) is 30.5 Å². The van der Waals surface area contributed by atoms with Crippen molar-refractivity contribution in [2.75, 3.05) is 0 Å². The van der Waals surface area contributed by atoms with Crippen molar-refractivity contribution in [3.05, 3.63) is 35.1 Å². The van der Waals surface area contributed by atoms with E-state index in [9.17, 15) is 22.4 Å². The molecule has 0 fully saturated rings. The SMILES string of the molecule is CC(=O)CC(C)c1ccc(C(F)(F)F)c(F)c1. The normalized spacial score (nSPS) is 13.5. The molecule has 1 nitrogen and oxygen atoms in total. The fourth-order valence-electron chi connectivity index (χ4n) is 1.62. The third-order valence-electron chi connectivity index (χ3n) is 2.46. The smallest absolute Gasteiger partial charge is 0.300 e. The Bertz CT molecular complexity index is 423. The highest BCUT2D eigenvalue weighted by molar-refractivity contribution is 5.76. The van der Waals surface area contributed by atoms with E-state index < -0.39 is 17.6 Å². The van der Waals surface area contributed by atoms with Crippen LogP contribution in [-0.2, 0) is 11.0 Å². The van der Waals surface area contributed by atoms with Crippen molar-refractivity contribution in [1.82, 2.24) is 0 Å². The number of rotatable bonds is 3. The predicted molar refractivity (Wildman–Crippen MR) is 55.1 cm³/mol. The average Bonchev–Trinajstić information content (AvgIpc) is 2.14. The molecule has 0 saturated heterocycles. The maximum atomic E-state index is 13.2. The molecule has 0 radical (unpaired) electrons. The van der Waals surface area contributed by atoms with Crippen LogP contribution in [0.4, 0.5) is 17.6 Å². The highest BCUT2D eigenvalue weighted by Gasteiger charge is 2.34. The molecule has 1 aromatic carbocycles. The third kappa shape index (κ3) is 3.54. The highest BCUT2D eigenvalue weighted by atomic mass is 19.4. The number of halogens is 4. The van der Waals surface area contributed by atoms with E-state index in [4.69, 9.17) is 0 Å². The van der Waals surface area contributed by atoms with Crippen molar-refractivity contribution in [1.29, 1.82) is 0 Å². The average molecular weight is 248 g/mol. The maximum absolute atomic E-state index is 13.2. The van der Waals surface area contributed by atoms with Gasteiger partial charge in [-0.25, -0.2) is 4.39 Å². The zero-order valence-electron chi connectivity index (χ0n) is 9.44. The van der Waals surface area contributed by atoms with Crippen LogP contribution in [0.15, 0.2) is 18.2 Å². The lowest BCUT2D eigenvalue weighted by Crippen LogP contribution is -2.09. The first kappa shape index (κ1) is 13.7. The van der Waals surface area contributed by atoms with Gasteiger partial charge in [-0.15, -0.1) is 0 Å². The molecule has 0 aliphatic rings. The van der Waals surface area contributed by atoms with E-state index in [-0.39, 0.29) is 18.1 Å². The number of hydrogen-bond acceptors (Lipinski definition) is 1. The summed E-state index contributed by atoms with van der Waals surface area (Å²) in [6.45, 7) is 3.06. The Morgan fingerprint density at radius 1 is 1.35 bits per heavy atom. The second-order valence-electron chi connectivity index (χ2n) is 4.04. The van der Waals surface area contributed by atoms with Crippen molar-refractivity contribution in [3.8, 4) is 0 Å². The van der Waals surface area contributed by atoms with Crippen molar-refractivity contribution in [3.63, 3.8) is 0 Å². The van der Waals surface area contributed by atoms with Crippen LogP contribution in [0.25, 0.3) is 0 Å². The zero-order chi connectivity index (χ0) is 13.2. The molecule has 0 aliphatic carbocycles. The molecule has 1 aromatic rings. The summed E-state index contributed by atoms with van der Waals surface area (Å²) in [4.78, 5) is 10.9. The molecule has 0 aromatic heterocycles. The van der Waals surface area contributed by atoms with Gasteiger partial charge in [-0.2, -0.15) is 13.2 Å². The van der Waals surface area contributed by atoms with Crippen LogP contribution in [0.1, 0.15) is 37.3 Å². The van der Waals surface area contributed by atoms with Gasteiger partial charge >= 0.3 is 6.18 Å². The van der Waals surface area contributed by atoms with Crippen molar-refractivity contribution in [2.24, 2.45) is 0 Å². The Hall–Kier alpha value is -1.39. The van der Waals surface area contributed by atoms with E-state index >= 15 is 0 Å². The summed E-state index contributed by atoms with van der Waals surface area (Å²) in [6, 6.07) is 2.76. The third-order valence-corrected chi connectivity index (χ3v) is 2.46. The molecule has 0 heterocycles. The van der Waals surface area contributed by atoms with Crippen molar-refractivity contribution < 1.29 is 22.4 Å². The summed E-state index contributed by atoms with van der Waals surface area (Å²) in [5, 5.41) is 0. The maximum Gasteiger partial charge on any atom is 0.419 e. The predicted octanol–water partition coefficient (Wildman–Crippen LogP) is 3.93. The van der Waals surface area contributed by atoms with Crippen LogP contribution in [0.3, 0.4) is 0 Å². The molecular formula is C12H12F4O. The molecule has 0 spiro atoms. The molecular weight excluding hydrogens is 236 g/mol. The number of hydrogen-bond donors (Lipinski definition) is 0. The summed E-state index contributed by atoms with van der Waals surface area (Å²) in [6.07, 6.45) is -4.50. The molecule has 1 atom stereocenters. The molecule has 17 heavy (non-hydrogen) atoms. The quantitative estimate of drug-likeness (QED) is 0.741. The lowest BCUT2D eigenvalue weighted by atomic mass is 9.95. The minimum atomic E-state index is -4.69. The summed E-state index contributed by atoms with van der Waals surface area (Å²) >= 11 is 0. The van der Waals surface area contributed by atoms with Crippen LogP contribution >= 0.6 is 0 Å². The van der Waals surface area contributed by atoms with Gasteiger partial charge in [-0.1, -0.05) is 13.0 Å². The molecule has 0 N–H and O–H groups in total. The van der Waals surface area contributed by atoms with Gasteiger partial charge in [0.1, 0.15) is 11.6 Å². The summed E-state index contributed by atoms with van der Waals surface area (Å²) in [5.41, 5.74) is -0.887. The van der Waals surface area contributed by atoms with E-state index in [1.165, 1.54) is 13.0 Å². The minimum Gasteiger partial charge on any atom is -0.300 e. The highest BCUT2D eigenvalue weighted by Crippen LogP contribution is 2.33. The fraction of sp³-hybridized carbons (Fsp3) is 0.417. The van der Waals surface area contributed by atoms with Crippen molar-refractivity contribution in [2.45, 2.75) is 32.4 Å². The molecule has 1 unspecified atom stereocenters. The van der Waals surface area contributed by atoms with Gasteiger partial charge in [0.15, 0.2) is 0 Å². The standard InChI is InChI=1S/C12H12F4O/c1-7(5-8(2)17)9-3-4-10(11(13)6-9)12(14,15)16/h3-4,6-7H,5H2,1-2H3. The summed E-state index contributed by atoms with van der Waals surface area (Å²) in [7, 11) is 0. The van der Waals surface area contributed by atoms with Crippen LogP contribution in [0.2, 0.25) is 0 Å². The van der Waals surface area contributed by atoms with Crippen LogP contribution < -0.4 is 0 Å². The Kier molecular flexibility index (Phi) is 3.91. The lowest BCUT2D eigenvalue weighted by molar-refractivity contribution is -0.140. The molecule has 0 amide bonds. The molecule has 0 saturated carbocycles. The van der Waals surface area contributed by atoms with Gasteiger partial charge in [0, 0.05) is 6.42 Å². The van der Waals surface area contributed by atoms with E-state index in [0.29, 0.717) is 11.6 Å². The number of carbonyl (C=O) groups excluding carboxylic acids is 1. The van der Waals surface area contributed by atoms with E-state index in [1.54, 1.807) is 6.92 Å². The second-order valence-corrected chi connectivity index (χ2v) is 4.04. The van der Waals surface area contributed by atoms with Gasteiger partial charge in [0.2, 0.25) is 0 Å². The number of ketones is 1. The first-order valence-electron chi connectivity index (χ1n) is 5.08. The topological polar surface area (TPSA) is 17.1 Å². The number of Topliss-reactive ketones (excluding diaryl/α,β-unsaturated/α-hetero) is 1. The van der Waals surface area contributed by atoms with Crippen LogP contribution in [-0.4, -0.2) is 5.78 Å². The number of carbonyl (C=O) groups is 1. The van der Waals surface area contributed by atoms with E-state index in [0.717, 1.165) is 6.07 Å². The molecule has 94 valence electrons. The zero-order valence-corrected chi connectivity index (χ0v) is 9.44. The van der Waals surface area contributed by atoms with Gasteiger partial charge in [0.05, 0.1) is 5.56 Å². The van der Waals surface area contributed by atoms with Crippen LogP contribution in [0.5, 0.6) is 0 Å². The minimum absolute atomic E-state index is 0.0854. The Morgan fingerprint density at radius 2 is 1.94 bits per heavy atom. The van der Waals surface area contributed by atoms with Gasteiger partial charge < -0.3 is 4.79 Å². The largest absolute Gasteiger partial charge is 0.419 e. The lowest BCUT2D eigenvalue weighted by Gasteiger charge is -2.13.